The fourth-order valence-corrected chi connectivity index (χ4v) is 3.45. The van der Waals surface area contributed by atoms with Crippen molar-refractivity contribution in [1.82, 2.24) is 9.97 Å². The Morgan fingerprint density at radius 2 is 1.09 bits per heavy atom. The molecule has 0 unspecified atom stereocenters. The molecule has 2 N–H and O–H groups in total. The summed E-state index contributed by atoms with van der Waals surface area (Å²) < 4.78 is 0. The van der Waals surface area contributed by atoms with Crippen molar-refractivity contribution in [1.29, 1.82) is 0 Å². The molecule has 4 nitrogen and oxygen atoms in total. The Morgan fingerprint density at radius 1 is 0.652 bits per heavy atom. The molecule has 0 saturated carbocycles. The fourth-order valence-electron chi connectivity index (χ4n) is 2.57. The third-order valence-corrected chi connectivity index (χ3v) is 4.77. The molecule has 112 valence electrons. The van der Waals surface area contributed by atoms with Crippen molar-refractivity contribution in [2.75, 3.05) is 0 Å². The molecule has 2 heterocycles. The molecular weight excluding hydrogens is 308 g/mol. The number of para-hydroxylation sites is 2. The van der Waals surface area contributed by atoms with Crippen LogP contribution < -0.4 is 10.9 Å². The van der Waals surface area contributed by atoms with Crippen LogP contribution in [0, 0.1) is 0 Å². The van der Waals surface area contributed by atoms with Gasteiger partial charge in [0.1, 0.15) is 0 Å². The molecule has 23 heavy (non-hydrogen) atoms. The van der Waals surface area contributed by atoms with Crippen molar-refractivity contribution in [3.8, 4) is 0 Å². The van der Waals surface area contributed by atoms with Gasteiger partial charge in [0.25, 0.3) is 0 Å². The van der Waals surface area contributed by atoms with Gasteiger partial charge in [0, 0.05) is 34.2 Å². The zero-order chi connectivity index (χ0) is 15.8. The van der Waals surface area contributed by atoms with Crippen LogP contribution in [0.25, 0.3) is 21.8 Å². The molecular formula is C18H12N2O2S. The Morgan fingerprint density at radius 3 is 1.57 bits per heavy atom. The summed E-state index contributed by atoms with van der Waals surface area (Å²) in [4.78, 5) is 32.3. The van der Waals surface area contributed by atoms with Crippen molar-refractivity contribution in [3.05, 3.63) is 81.4 Å². The number of pyridine rings is 2. The first-order valence-electron chi connectivity index (χ1n) is 7.13. The molecule has 5 heteroatoms. The van der Waals surface area contributed by atoms with Gasteiger partial charge in [0.05, 0.1) is 9.79 Å². The maximum Gasteiger partial charge on any atom is 0.203 e. The minimum Gasteiger partial charge on any atom is -0.360 e. The van der Waals surface area contributed by atoms with Crippen LogP contribution in [0.4, 0.5) is 0 Å². The molecule has 0 aliphatic carbocycles. The zero-order valence-electron chi connectivity index (χ0n) is 12.0. The van der Waals surface area contributed by atoms with Crippen molar-refractivity contribution >= 4 is 33.6 Å². The topological polar surface area (TPSA) is 65.7 Å². The van der Waals surface area contributed by atoms with Gasteiger partial charge in [-0.25, -0.2) is 0 Å². The van der Waals surface area contributed by atoms with E-state index in [0.717, 1.165) is 11.0 Å². The minimum atomic E-state index is -0.0723. The van der Waals surface area contributed by atoms with Gasteiger partial charge in [-0.1, -0.05) is 36.0 Å². The first-order valence-corrected chi connectivity index (χ1v) is 7.94. The number of fused-ring (bicyclic) bond motifs is 2. The van der Waals surface area contributed by atoms with Gasteiger partial charge in [0.2, 0.25) is 10.9 Å². The van der Waals surface area contributed by atoms with E-state index < -0.39 is 0 Å². The lowest BCUT2D eigenvalue weighted by molar-refractivity contribution is 1.23. The van der Waals surface area contributed by atoms with Gasteiger partial charge >= 0.3 is 0 Å². The molecule has 0 bridgehead atoms. The van der Waals surface area contributed by atoms with E-state index >= 15 is 0 Å². The molecule has 4 rings (SSSR count). The van der Waals surface area contributed by atoms with E-state index in [1.807, 2.05) is 36.4 Å². The van der Waals surface area contributed by atoms with E-state index in [4.69, 9.17) is 0 Å². The van der Waals surface area contributed by atoms with Crippen LogP contribution in [0.3, 0.4) is 0 Å². The number of benzene rings is 2. The van der Waals surface area contributed by atoms with Crippen LogP contribution in [0.5, 0.6) is 0 Å². The number of hydrogen-bond acceptors (Lipinski definition) is 3. The Bertz CT molecular complexity index is 1050. The number of aromatic amines is 2. The first kappa shape index (κ1) is 13.8. The Balaban J connectivity index is 1.85. The second kappa shape index (κ2) is 5.44. The number of aromatic nitrogens is 2. The van der Waals surface area contributed by atoms with Crippen molar-refractivity contribution in [3.63, 3.8) is 0 Å². The largest absolute Gasteiger partial charge is 0.360 e. The second-order valence-electron chi connectivity index (χ2n) is 5.16. The minimum absolute atomic E-state index is 0.0723. The standard InChI is InChI=1S/C18H12N2O2S/c21-17-11-5-1-3-7-13(11)19-9-15(17)23-16-10-20-14-8-4-2-6-12(14)18(16)22/h1-10H,(H,19,21)(H,20,22). The first-order chi connectivity index (χ1) is 11.2. The highest BCUT2D eigenvalue weighted by Gasteiger charge is 2.10. The van der Waals surface area contributed by atoms with Gasteiger partial charge in [-0.05, 0) is 24.3 Å². The third kappa shape index (κ3) is 2.35. The van der Waals surface area contributed by atoms with Crippen LogP contribution in [0.1, 0.15) is 0 Å². The van der Waals surface area contributed by atoms with Gasteiger partial charge in [-0.15, -0.1) is 0 Å². The highest BCUT2D eigenvalue weighted by Crippen LogP contribution is 2.24. The second-order valence-corrected chi connectivity index (χ2v) is 6.24. The summed E-state index contributed by atoms with van der Waals surface area (Å²) >= 11 is 1.18. The summed E-state index contributed by atoms with van der Waals surface area (Å²) in [5, 5.41) is 1.24. The Hall–Kier alpha value is -2.79. The molecule has 2 aromatic heterocycles. The predicted octanol–water partition coefficient (Wildman–Crippen LogP) is 3.52. The average molecular weight is 320 g/mol. The van der Waals surface area contributed by atoms with Gasteiger partial charge in [0.15, 0.2) is 0 Å². The maximum atomic E-state index is 12.6. The summed E-state index contributed by atoms with van der Waals surface area (Å²) in [5.74, 6) is 0. The lowest BCUT2D eigenvalue weighted by Gasteiger charge is -2.04. The van der Waals surface area contributed by atoms with E-state index in [0.29, 0.717) is 20.6 Å². The summed E-state index contributed by atoms with van der Waals surface area (Å²) in [6.45, 7) is 0. The molecule has 0 fully saturated rings. The summed E-state index contributed by atoms with van der Waals surface area (Å²) in [6.07, 6.45) is 3.31. The van der Waals surface area contributed by atoms with Crippen molar-refractivity contribution in [2.24, 2.45) is 0 Å². The van der Waals surface area contributed by atoms with Crippen molar-refractivity contribution < 1.29 is 0 Å². The van der Waals surface area contributed by atoms with E-state index in [1.54, 1.807) is 24.5 Å². The predicted molar refractivity (Wildman–Crippen MR) is 93.3 cm³/mol. The van der Waals surface area contributed by atoms with E-state index in [2.05, 4.69) is 9.97 Å². The highest BCUT2D eigenvalue weighted by atomic mass is 32.2. The molecule has 2 aromatic carbocycles. The SMILES string of the molecule is O=c1c(Sc2c[nH]c3ccccc3c2=O)c[nH]c2ccccc12. The molecule has 0 atom stereocenters. The van der Waals surface area contributed by atoms with Gasteiger partial charge in [-0.3, -0.25) is 9.59 Å². The molecule has 0 saturated heterocycles. The van der Waals surface area contributed by atoms with Crippen LogP contribution in [-0.2, 0) is 0 Å². The number of nitrogens with one attached hydrogen (secondary N) is 2. The number of H-pyrrole nitrogens is 2. The smallest absolute Gasteiger partial charge is 0.203 e. The fraction of sp³-hybridized carbons (Fsp3) is 0. The van der Waals surface area contributed by atoms with Crippen LogP contribution in [0.15, 0.2) is 80.3 Å². The number of rotatable bonds is 2. The summed E-state index contributed by atoms with van der Waals surface area (Å²) in [6, 6.07) is 14.7. The van der Waals surface area contributed by atoms with Gasteiger partial charge < -0.3 is 9.97 Å². The maximum absolute atomic E-state index is 12.6. The summed E-state index contributed by atoms with van der Waals surface area (Å²) in [5.41, 5.74) is 1.43. The highest BCUT2D eigenvalue weighted by molar-refractivity contribution is 7.99. The van der Waals surface area contributed by atoms with E-state index in [9.17, 15) is 9.59 Å². The van der Waals surface area contributed by atoms with Crippen LogP contribution >= 0.6 is 11.8 Å². The van der Waals surface area contributed by atoms with E-state index in [-0.39, 0.29) is 10.9 Å². The lowest BCUT2D eigenvalue weighted by atomic mass is 10.2. The molecule has 0 amide bonds. The van der Waals surface area contributed by atoms with E-state index in [1.165, 1.54) is 11.8 Å². The quantitative estimate of drug-likeness (QED) is 0.594. The third-order valence-electron chi connectivity index (χ3n) is 3.73. The lowest BCUT2D eigenvalue weighted by Crippen LogP contribution is -2.09. The molecule has 0 aliphatic heterocycles. The Labute approximate surface area is 135 Å². The van der Waals surface area contributed by atoms with Crippen LogP contribution in [-0.4, -0.2) is 9.97 Å². The monoisotopic (exact) mass is 320 g/mol. The molecule has 0 radical (unpaired) electrons. The summed E-state index contributed by atoms with van der Waals surface area (Å²) in [7, 11) is 0. The molecule has 0 spiro atoms. The average Bonchev–Trinajstić information content (AvgIpc) is 2.60. The van der Waals surface area contributed by atoms with Gasteiger partial charge in [-0.2, -0.15) is 0 Å². The normalized spacial score (nSPS) is 11.1. The molecule has 4 aromatic rings. The Kier molecular flexibility index (Phi) is 3.28. The zero-order valence-corrected chi connectivity index (χ0v) is 12.8. The van der Waals surface area contributed by atoms with Crippen molar-refractivity contribution in [2.45, 2.75) is 9.79 Å². The number of hydrogen-bond donors (Lipinski definition) is 2. The van der Waals surface area contributed by atoms with Crippen LogP contribution in [0.2, 0.25) is 0 Å². The molecule has 0 aliphatic rings.